The first kappa shape index (κ1) is 16.7. The summed E-state index contributed by atoms with van der Waals surface area (Å²) in [6.07, 6.45) is 3.49. The minimum atomic E-state index is -0.894. The molecule has 4 rings (SSSR count). The molecule has 26 heavy (non-hydrogen) atoms. The van der Waals surface area contributed by atoms with Gasteiger partial charge >= 0.3 is 5.97 Å². The van der Waals surface area contributed by atoms with Crippen molar-refractivity contribution in [1.29, 1.82) is 0 Å². The summed E-state index contributed by atoms with van der Waals surface area (Å²) in [4.78, 5) is 30.7. The molecule has 136 valence electrons. The molecule has 3 heterocycles. The van der Waals surface area contributed by atoms with Gasteiger partial charge in [-0.1, -0.05) is 18.2 Å². The van der Waals surface area contributed by atoms with Crippen molar-refractivity contribution in [3.8, 4) is 0 Å². The third-order valence-corrected chi connectivity index (χ3v) is 5.47. The Labute approximate surface area is 150 Å². The molecule has 2 aliphatic rings. The summed E-state index contributed by atoms with van der Waals surface area (Å²) in [6.45, 7) is 1.88. The van der Waals surface area contributed by atoms with Crippen molar-refractivity contribution in [3.05, 3.63) is 48.0 Å². The SMILES string of the molecule is O=C(c1ccccc1Cn1cncn1)N1C[C@H]2COCC[C@@]2(C(=O)O)C1. The predicted octanol–water partition coefficient (Wildman–Crippen LogP) is 0.890. The largest absolute Gasteiger partial charge is 0.481 e. The second kappa shape index (κ2) is 6.53. The molecule has 0 saturated carbocycles. The fourth-order valence-electron chi connectivity index (χ4n) is 3.98. The molecule has 2 aliphatic heterocycles. The number of aliphatic carboxylic acids is 1. The zero-order chi connectivity index (χ0) is 18.1. The Morgan fingerprint density at radius 3 is 2.92 bits per heavy atom. The number of hydrogen-bond acceptors (Lipinski definition) is 5. The Kier molecular flexibility index (Phi) is 4.20. The molecule has 0 unspecified atom stereocenters. The number of fused-ring (bicyclic) bond motifs is 1. The molecule has 1 N–H and O–H groups in total. The summed E-state index contributed by atoms with van der Waals surface area (Å²) in [5.74, 6) is -1.15. The number of carboxylic acid groups (broad SMARTS) is 1. The van der Waals surface area contributed by atoms with E-state index in [0.717, 1.165) is 5.56 Å². The van der Waals surface area contributed by atoms with Gasteiger partial charge in [0, 0.05) is 31.2 Å². The minimum Gasteiger partial charge on any atom is -0.481 e. The van der Waals surface area contributed by atoms with Gasteiger partial charge < -0.3 is 14.7 Å². The number of ether oxygens (including phenoxy) is 1. The molecule has 0 spiro atoms. The van der Waals surface area contributed by atoms with Gasteiger partial charge in [-0.2, -0.15) is 5.10 Å². The van der Waals surface area contributed by atoms with Crippen molar-refractivity contribution < 1.29 is 19.4 Å². The van der Waals surface area contributed by atoms with E-state index in [0.29, 0.717) is 38.3 Å². The van der Waals surface area contributed by atoms with Crippen molar-refractivity contribution in [2.75, 3.05) is 26.3 Å². The van der Waals surface area contributed by atoms with Gasteiger partial charge in [0.25, 0.3) is 5.91 Å². The van der Waals surface area contributed by atoms with E-state index in [1.165, 1.54) is 6.33 Å². The maximum absolute atomic E-state index is 13.2. The fraction of sp³-hybridized carbons (Fsp3) is 0.444. The molecule has 0 aliphatic carbocycles. The summed E-state index contributed by atoms with van der Waals surface area (Å²) < 4.78 is 7.12. The van der Waals surface area contributed by atoms with Crippen LogP contribution in [0.2, 0.25) is 0 Å². The molecule has 2 atom stereocenters. The van der Waals surface area contributed by atoms with E-state index in [9.17, 15) is 14.7 Å². The topological polar surface area (TPSA) is 97.5 Å². The molecule has 1 amide bonds. The zero-order valence-electron chi connectivity index (χ0n) is 14.2. The maximum atomic E-state index is 13.2. The average Bonchev–Trinajstić information content (AvgIpc) is 3.29. The second-order valence-electron chi connectivity index (χ2n) is 6.92. The Hall–Kier alpha value is -2.74. The second-order valence-corrected chi connectivity index (χ2v) is 6.92. The summed E-state index contributed by atoms with van der Waals surface area (Å²) >= 11 is 0. The molecule has 2 aromatic rings. The molecule has 0 bridgehead atoms. The predicted molar refractivity (Wildman–Crippen MR) is 90.5 cm³/mol. The van der Waals surface area contributed by atoms with Gasteiger partial charge in [-0.05, 0) is 18.1 Å². The van der Waals surface area contributed by atoms with Gasteiger partial charge in [0.15, 0.2) is 0 Å². The molecular formula is C18H20N4O4. The van der Waals surface area contributed by atoms with Crippen LogP contribution in [0.25, 0.3) is 0 Å². The lowest BCUT2D eigenvalue weighted by Gasteiger charge is -2.33. The molecule has 1 aromatic heterocycles. The molecule has 8 heteroatoms. The number of carboxylic acids is 1. The van der Waals surface area contributed by atoms with Crippen LogP contribution in [-0.2, 0) is 16.1 Å². The number of likely N-dealkylation sites (tertiary alicyclic amines) is 1. The third-order valence-electron chi connectivity index (χ3n) is 5.47. The van der Waals surface area contributed by atoms with Gasteiger partial charge in [0.2, 0.25) is 0 Å². The van der Waals surface area contributed by atoms with Crippen LogP contribution in [0.5, 0.6) is 0 Å². The molecular weight excluding hydrogens is 336 g/mol. The number of nitrogens with zero attached hydrogens (tertiary/aromatic N) is 4. The average molecular weight is 356 g/mol. The monoisotopic (exact) mass is 356 g/mol. The Balaban J connectivity index is 1.60. The van der Waals surface area contributed by atoms with E-state index in [1.807, 2.05) is 18.2 Å². The van der Waals surface area contributed by atoms with Crippen LogP contribution >= 0.6 is 0 Å². The number of rotatable bonds is 4. The van der Waals surface area contributed by atoms with Crippen LogP contribution in [0.15, 0.2) is 36.9 Å². The van der Waals surface area contributed by atoms with Crippen LogP contribution in [0, 0.1) is 11.3 Å². The first-order chi connectivity index (χ1) is 12.6. The molecule has 2 saturated heterocycles. The third kappa shape index (κ3) is 2.76. The van der Waals surface area contributed by atoms with E-state index in [-0.39, 0.29) is 18.4 Å². The lowest BCUT2D eigenvalue weighted by molar-refractivity contribution is -0.157. The van der Waals surface area contributed by atoms with Gasteiger partial charge in [-0.25, -0.2) is 9.67 Å². The van der Waals surface area contributed by atoms with Crippen LogP contribution in [0.1, 0.15) is 22.3 Å². The van der Waals surface area contributed by atoms with Crippen molar-refractivity contribution in [2.24, 2.45) is 11.3 Å². The van der Waals surface area contributed by atoms with Crippen LogP contribution in [-0.4, -0.2) is 63.0 Å². The first-order valence-electron chi connectivity index (χ1n) is 8.61. The fourth-order valence-corrected chi connectivity index (χ4v) is 3.98. The number of carbonyl (C=O) groups is 2. The Bertz CT molecular complexity index is 822. The molecule has 0 radical (unpaired) electrons. The minimum absolute atomic E-state index is 0.143. The number of benzene rings is 1. The standard InChI is InChI=1S/C18H20N4O4/c23-16(15-4-2-1-3-13(15)7-22-12-19-11-20-22)21-8-14-9-26-6-5-18(14,10-21)17(24)25/h1-4,11-12,14H,5-10H2,(H,24,25)/t14-,18+/m0/s1. The highest BCUT2D eigenvalue weighted by atomic mass is 16.5. The van der Waals surface area contributed by atoms with Crippen molar-refractivity contribution in [2.45, 2.75) is 13.0 Å². The summed E-state index contributed by atoms with van der Waals surface area (Å²) in [5.41, 5.74) is 0.510. The van der Waals surface area contributed by atoms with Crippen LogP contribution in [0.4, 0.5) is 0 Å². The number of hydrogen-bond donors (Lipinski definition) is 1. The van der Waals surface area contributed by atoms with Crippen LogP contribution in [0.3, 0.4) is 0 Å². The van der Waals surface area contributed by atoms with Crippen molar-refractivity contribution in [3.63, 3.8) is 0 Å². The van der Waals surface area contributed by atoms with Gasteiger partial charge in [0.05, 0.1) is 18.6 Å². The van der Waals surface area contributed by atoms with Crippen LogP contribution < -0.4 is 0 Å². The van der Waals surface area contributed by atoms with E-state index in [1.54, 1.807) is 22.0 Å². The van der Waals surface area contributed by atoms with E-state index in [4.69, 9.17) is 4.74 Å². The van der Waals surface area contributed by atoms with E-state index < -0.39 is 11.4 Å². The molecule has 2 fully saturated rings. The molecule has 1 aromatic carbocycles. The van der Waals surface area contributed by atoms with Gasteiger partial charge in [-0.15, -0.1) is 0 Å². The van der Waals surface area contributed by atoms with Crippen molar-refractivity contribution in [1.82, 2.24) is 19.7 Å². The Morgan fingerprint density at radius 2 is 2.19 bits per heavy atom. The summed E-state index contributed by atoms with van der Waals surface area (Å²) in [5, 5.41) is 13.9. The number of aromatic nitrogens is 3. The number of amides is 1. The highest BCUT2D eigenvalue weighted by Gasteiger charge is 2.55. The van der Waals surface area contributed by atoms with E-state index in [2.05, 4.69) is 10.1 Å². The van der Waals surface area contributed by atoms with Crippen molar-refractivity contribution >= 4 is 11.9 Å². The Morgan fingerprint density at radius 1 is 1.35 bits per heavy atom. The first-order valence-corrected chi connectivity index (χ1v) is 8.61. The normalized spacial score (nSPS) is 25.1. The lowest BCUT2D eigenvalue weighted by Crippen LogP contribution is -2.45. The number of carbonyl (C=O) groups excluding carboxylic acids is 1. The van der Waals surface area contributed by atoms with Gasteiger partial charge in [0.1, 0.15) is 12.7 Å². The van der Waals surface area contributed by atoms with E-state index >= 15 is 0 Å². The smallest absolute Gasteiger partial charge is 0.311 e. The zero-order valence-corrected chi connectivity index (χ0v) is 14.2. The lowest BCUT2D eigenvalue weighted by atomic mass is 9.74. The highest BCUT2D eigenvalue weighted by molar-refractivity contribution is 5.96. The van der Waals surface area contributed by atoms with Gasteiger partial charge in [-0.3, -0.25) is 9.59 Å². The quantitative estimate of drug-likeness (QED) is 0.874. The highest BCUT2D eigenvalue weighted by Crippen LogP contribution is 2.43. The molecule has 8 nitrogen and oxygen atoms in total. The summed E-state index contributed by atoms with van der Waals surface area (Å²) in [7, 11) is 0. The maximum Gasteiger partial charge on any atom is 0.311 e. The summed E-state index contributed by atoms with van der Waals surface area (Å²) in [6, 6.07) is 7.35.